The molecule has 0 amide bonds. The number of aromatic nitrogens is 1. The first kappa shape index (κ1) is 11.0. The second-order valence-corrected chi connectivity index (χ2v) is 4.44. The summed E-state index contributed by atoms with van der Waals surface area (Å²) in [6.45, 7) is 1.52. The van der Waals surface area contributed by atoms with Gasteiger partial charge in [0, 0.05) is 30.3 Å². The summed E-state index contributed by atoms with van der Waals surface area (Å²) >= 11 is 0. The summed E-state index contributed by atoms with van der Waals surface area (Å²) < 4.78 is 5.14. The van der Waals surface area contributed by atoms with E-state index in [0.717, 1.165) is 30.0 Å². The monoisotopic (exact) mass is 242 g/mol. The molecule has 0 saturated heterocycles. The van der Waals surface area contributed by atoms with Crippen molar-refractivity contribution in [3.05, 3.63) is 47.9 Å². The standard InChI is InChI=1S/C14H14N2O2/c17-14-6-3-9-16(10-11-7-8-15-18-11)13-5-2-1-4-12(13)14/h1-2,4-5,7-8H,3,6,9-10H2. The highest BCUT2D eigenvalue weighted by Gasteiger charge is 2.20. The number of rotatable bonds is 2. The smallest absolute Gasteiger partial charge is 0.165 e. The number of benzene rings is 1. The van der Waals surface area contributed by atoms with Gasteiger partial charge in [-0.1, -0.05) is 17.3 Å². The maximum Gasteiger partial charge on any atom is 0.165 e. The molecule has 4 nitrogen and oxygen atoms in total. The summed E-state index contributed by atoms with van der Waals surface area (Å²) in [5, 5.41) is 3.71. The lowest BCUT2D eigenvalue weighted by Crippen LogP contribution is -2.23. The Labute approximate surface area is 105 Å². The minimum atomic E-state index is 0.227. The van der Waals surface area contributed by atoms with Gasteiger partial charge in [0.05, 0.1) is 12.7 Å². The highest BCUT2D eigenvalue weighted by molar-refractivity contribution is 6.01. The van der Waals surface area contributed by atoms with Crippen LogP contribution in [0.1, 0.15) is 29.0 Å². The number of hydrogen-bond acceptors (Lipinski definition) is 4. The van der Waals surface area contributed by atoms with Crippen LogP contribution in [0.15, 0.2) is 41.1 Å². The molecule has 2 heterocycles. The summed E-state index contributed by atoms with van der Waals surface area (Å²) in [7, 11) is 0. The molecule has 0 fully saturated rings. The van der Waals surface area contributed by atoms with Crippen molar-refractivity contribution in [3.8, 4) is 0 Å². The molecule has 2 aromatic rings. The van der Waals surface area contributed by atoms with Crippen molar-refractivity contribution in [2.24, 2.45) is 0 Å². The van der Waals surface area contributed by atoms with Crippen molar-refractivity contribution >= 4 is 11.5 Å². The highest BCUT2D eigenvalue weighted by Crippen LogP contribution is 2.27. The first-order valence-corrected chi connectivity index (χ1v) is 6.11. The van der Waals surface area contributed by atoms with Gasteiger partial charge in [-0.15, -0.1) is 0 Å². The number of ketones is 1. The van der Waals surface area contributed by atoms with Crippen LogP contribution in [0.3, 0.4) is 0 Å². The maximum absolute atomic E-state index is 12.0. The molecular weight excluding hydrogens is 228 g/mol. The zero-order valence-corrected chi connectivity index (χ0v) is 10.0. The van der Waals surface area contributed by atoms with Crippen LogP contribution in [0, 0.1) is 0 Å². The van der Waals surface area contributed by atoms with E-state index < -0.39 is 0 Å². The van der Waals surface area contributed by atoms with E-state index in [2.05, 4.69) is 10.1 Å². The fraction of sp³-hybridized carbons (Fsp3) is 0.286. The fourth-order valence-electron chi connectivity index (χ4n) is 2.35. The van der Waals surface area contributed by atoms with E-state index >= 15 is 0 Å². The largest absolute Gasteiger partial charge is 0.363 e. The third-order valence-corrected chi connectivity index (χ3v) is 3.21. The number of carbonyl (C=O) groups is 1. The van der Waals surface area contributed by atoms with Gasteiger partial charge in [0.2, 0.25) is 0 Å². The van der Waals surface area contributed by atoms with Crippen LogP contribution >= 0.6 is 0 Å². The number of nitrogens with zero attached hydrogens (tertiary/aromatic N) is 2. The molecule has 0 atom stereocenters. The molecule has 0 N–H and O–H groups in total. The molecule has 0 aliphatic carbocycles. The summed E-state index contributed by atoms with van der Waals surface area (Å²) in [4.78, 5) is 14.2. The summed E-state index contributed by atoms with van der Waals surface area (Å²) in [5.41, 5.74) is 1.81. The van der Waals surface area contributed by atoms with Crippen LogP contribution in [0.2, 0.25) is 0 Å². The van der Waals surface area contributed by atoms with Crippen molar-refractivity contribution in [1.29, 1.82) is 0 Å². The van der Waals surface area contributed by atoms with Crippen molar-refractivity contribution in [1.82, 2.24) is 5.16 Å². The molecule has 92 valence electrons. The van der Waals surface area contributed by atoms with Crippen molar-refractivity contribution in [2.45, 2.75) is 19.4 Å². The average molecular weight is 242 g/mol. The number of carbonyl (C=O) groups excluding carboxylic acids is 1. The average Bonchev–Trinajstić information content (AvgIpc) is 2.85. The molecular formula is C14H14N2O2. The fourth-order valence-corrected chi connectivity index (χ4v) is 2.35. The molecule has 4 heteroatoms. The molecule has 1 aliphatic rings. The zero-order chi connectivity index (χ0) is 12.4. The first-order valence-electron chi connectivity index (χ1n) is 6.11. The van der Waals surface area contributed by atoms with E-state index in [0.29, 0.717) is 13.0 Å². The van der Waals surface area contributed by atoms with Crippen molar-refractivity contribution in [2.75, 3.05) is 11.4 Å². The van der Waals surface area contributed by atoms with E-state index in [1.165, 1.54) is 0 Å². The maximum atomic E-state index is 12.0. The minimum Gasteiger partial charge on any atom is -0.363 e. The Morgan fingerprint density at radius 3 is 3.00 bits per heavy atom. The Hall–Kier alpha value is -2.10. The molecule has 0 spiro atoms. The second kappa shape index (κ2) is 4.64. The SMILES string of the molecule is O=C1CCCN(Cc2ccno2)c2ccccc21. The molecule has 0 saturated carbocycles. The van der Waals surface area contributed by atoms with Gasteiger partial charge >= 0.3 is 0 Å². The molecule has 0 bridgehead atoms. The second-order valence-electron chi connectivity index (χ2n) is 4.44. The van der Waals surface area contributed by atoms with Crippen LogP contribution in [-0.2, 0) is 6.54 Å². The number of Topliss-reactive ketones (excluding diaryl/α,β-unsaturated/α-hetero) is 1. The van der Waals surface area contributed by atoms with Gasteiger partial charge in [-0.05, 0) is 18.6 Å². The van der Waals surface area contributed by atoms with E-state index in [1.54, 1.807) is 6.20 Å². The van der Waals surface area contributed by atoms with Crippen molar-refractivity contribution < 1.29 is 9.32 Å². The van der Waals surface area contributed by atoms with Crippen LogP contribution in [0.25, 0.3) is 0 Å². The van der Waals surface area contributed by atoms with E-state index in [-0.39, 0.29) is 5.78 Å². The highest BCUT2D eigenvalue weighted by atomic mass is 16.5. The molecule has 3 rings (SSSR count). The van der Waals surface area contributed by atoms with Gasteiger partial charge in [0.25, 0.3) is 0 Å². The zero-order valence-electron chi connectivity index (χ0n) is 10.0. The van der Waals surface area contributed by atoms with Crippen LogP contribution < -0.4 is 4.90 Å². The molecule has 1 aromatic carbocycles. The molecule has 0 radical (unpaired) electrons. The van der Waals surface area contributed by atoms with Gasteiger partial charge in [-0.3, -0.25) is 4.79 Å². The van der Waals surface area contributed by atoms with Gasteiger partial charge in [-0.2, -0.15) is 0 Å². The Kier molecular flexibility index (Phi) is 2.84. The quantitative estimate of drug-likeness (QED) is 0.812. The number of fused-ring (bicyclic) bond motifs is 1. The predicted molar refractivity (Wildman–Crippen MR) is 67.6 cm³/mol. The van der Waals surface area contributed by atoms with Gasteiger partial charge in [0.15, 0.2) is 11.5 Å². The third kappa shape index (κ3) is 2.01. The Balaban J connectivity index is 1.95. The lowest BCUT2D eigenvalue weighted by Gasteiger charge is -2.22. The van der Waals surface area contributed by atoms with Gasteiger partial charge < -0.3 is 9.42 Å². The van der Waals surface area contributed by atoms with Gasteiger partial charge in [0.1, 0.15) is 0 Å². The Bertz CT molecular complexity index is 549. The summed E-state index contributed by atoms with van der Waals surface area (Å²) in [5.74, 6) is 1.05. The normalized spacial score (nSPS) is 15.3. The van der Waals surface area contributed by atoms with Crippen LogP contribution in [0.5, 0.6) is 0 Å². The Morgan fingerprint density at radius 2 is 2.17 bits per heavy atom. The number of para-hydroxylation sites is 1. The minimum absolute atomic E-state index is 0.227. The third-order valence-electron chi connectivity index (χ3n) is 3.21. The number of anilines is 1. The van der Waals surface area contributed by atoms with Crippen LogP contribution in [0.4, 0.5) is 5.69 Å². The topological polar surface area (TPSA) is 46.3 Å². The summed E-state index contributed by atoms with van der Waals surface area (Å²) in [6.07, 6.45) is 3.13. The van der Waals surface area contributed by atoms with Crippen LogP contribution in [-0.4, -0.2) is 17.5 Å². The molecule has 18 heavy (non-hydrogen) atoms. The van der Waals surface area contributed by atoms with Gasteiger partial charge in [-0.25, -0.2) is 0 Å². The van der Waals surface area contributed by atoms with E-state index in [9.17, 15) is 4.79 Å². The molecule has 1 aromatic heterocycles. The predicted octanol–water partition coefficient (Wildman–Crippen LogP) is 2.66. The lowest BCUT2D eigenvalue weighted by molar-refractivity contribution is 0.0984. The Morgan fingerprint density at radius 1 is 1.28 bits per heavy atom. The molecule has 1 aliphatic heterocycles. The van der Waals surface area contributed by atoms with E-state index in [1.807, 2.05) is 30.3 Å². The lowest BCUT2D eigenvalue weighted by atomic mass is 10.1. The van der Waals surface area contributed by atoms with E-state index in [4.69, 9.17) is 4.52 Å². The summed E-state index contributed by atoms with van der Waals surface area (Å²) in [6, 6.07) is 9.63. The molecule has 0 unspecified atom stereocenters. The number of hydrogen-bond donors (Lipinski definition) is 0. The van der Waals surface area contributed by atoms with Crippen molar-refractivity contribution in [3.63, 3.8) is 0 Å². The first-order chi connectivity index (χ1) is 8.84.